The number of ether oxygens (including phenoxy) is 1. The molecule has 1 fully saturated rings. The number of aliphatic hydroxyl groups excluding tert-OH is 1. The summed E-state index contributed by atoms with van der Waals surface area (Å²) >= 11 is 0. The quantitative estimate of drug-likeness (QED) is 0.432. The highest BCUT2D eigenvalue weighted by Gasteiger charge is 2.39. The molecule has 29 heavy (non-hydrogen) atoms. The smallest absolute Gasteiger partial charge is 0.329 e. The summed E-state index contributed by atoms with van der Waals surface area (Å²) in [6.45, 7) is 0.341. The lowest BCUT2D eigenvalue weighted by atomic mass is 9.98. The average Bonchev–Trinajstić information content (AvgIpc) is 2.70. The molecular formula is C21H27F2NO5. The Labute approximate surface area is 168 Å². The summed E-state index contributed by atoms with van der Waals surface area (Å²) in [7, 11) is 0. The molecule has 6 nitrogen and oxygen atoms in total. The second kappa shape index (κ2) is 11.0. The normalized spacial score (nSPS) is 18.9. The highest BCUT2D eigenvalue weighted by molar-refractivity contribution is 5.77. The highest BCUT2D eigenvalue weighted by atomic mass is 19.3. The fourth-order valence-electron chi connectivity index (χ4n) is 3.27. The lowest BCUT2D eigenvalue weighted by Crippen LogP contribution is -2.43. The van der Waals surface area contributed by atoms with Gasteiger partial charge in [-0.05, 0) is 25.7 Å². The van der Waals surface area contributed by atoms with Crippen LogP contribution in [-0.4, -0.2) is 58.9 Å². The van der Waals surface area contributed by atoms with Crippen LogP contribution in [0.5, 0.6) is 0 Å². The van der Waals surface area contributed by atoms with Crippen molar-refractivity contribution in [2.45, 2.75) is 50.2 Å². The van der Waals surface area contributed by atoms with Crippen LogP contribution in [0.1, 0.15) is 37.7 Å². The number of hydrogen-bond acceptors (Lipinski definition) is 4. The van der Waals surface area contributed by atoms with Crippen molar-refractivity contribution in [3.05, 3.63) is 48.0 Å². The summed E-state index contributed by atoms with van der Waals surface area (Å²) in [6.07, 6.45) is 3.47. The molecule has 0 spiro atoms. The minimum absolute atomic E-state index is 0.0540. The van der Waals surface area contributed by atoms with Crippen LogP contribution in [0.25, 0.3) is 0 Å². The number of piperidine rings is 1. The van der Waals surface area contributed by atoms with Gasteiger partial charge in [-0.25, -0.2) is 4.79 Å². The Balaban J connectivity index is 1.92. The van der Waals surface area contributed by atoms with Crippen molar-refractivity contribution < 1.29 is 33.3 Å². The number of carboxylic acid groups (broad SMARTS) is 1. The van der Waals surface area contributed by atoms with E-state index in [0.717, 1.165) is 6.08 Å². The fourth-order valence-corrected chi connectivity index (χ4v) is 3.27. The molecule has 1 aromatic carbocycles. The molecule has 0 radical (unpaired) electrons. The number of halogens is 2. The Hall–Kier alpha value is -2.32. The maximum Gasteiger partial charge on any atom is 0.329 e. The predicted molar refractivity (Wildman–Crippen MR) is 103 cm³/mol. The van der Waals surface area contributed by atoms with Crippen molar-refractivity contribution >= 4 is 11.9 Å². The number of benzene rings is 1. The molecule has 1 amide bonds. The van der Waals surface area contributed by atoms with Gasteiger partial charge in [-0.2, -0.15) is 8.78 Å². The fraction of sp³-hybridized carbons (Fsp3) is 0.524. The summed E-state index contributed by atoms with van der Waals surface area (Å²) in [4.78, 5) is 24.3. The van der Waals surface area contributed by atoms with E-state index in [1.54, 1.807) is 11.0 Å². The summed E-state index contributed by atoms with van der Waals surface area (Å²) in [6, 6.07) is 6.78. The van der Waals surface area contributed by atoms with Crippen molar-refractivity contribution in [2.75, 3.05) is 19.8 Å². The Morgan fingerprint density at radius 1 is 1.31 bits per heavy atom. The van der Waals surface area contributed by atoms with Crippen LogP contribution < -0.4 is 0 Å². The maximum atomic E-state index is 14.4. The maximum absolute atomic E-state index is 14.4. The molecule has 0 saturated carbocycles. The number of amides is 1. The zero-order valence-electron chi connectivity index (χ0n) is 16.2. The van der Waals surface area contributed by atoms with Crippen LogP contribution in [0.3, 0.4) is 0 Å². The van der Waals surface area contributed by atoms with E-state index in [4.69, 9.17) is 9.84 Å². The molecule has 0 aromatic heterocycles. The number of aliphatic hydroxyl groups is 1. The number of carbonyl (C=O) groups is 2. The molecule has 1 aliphatic rings. The summed E-state index contributed by atoms with van der Waals surface area (Å²) < 4.78 is 33.8. The first kappa shape index (κ1) is 23.0. The molecule has 8 heteroatoms. The van der Waals surface area contributed by atoms with Crippen LogP contribution in [0.15, 0.2) is 42.5 Å². The van der Waals surface area contributed by atoms with Gasteiger partial charge in [0.2, 0.25) is 5.91 Å². The Bertz CT molecular complexity index is 696. The van der Waals surface area contributed by atoms with Crippen LogP contribution >= 0.6 is 0 Å². The van der Waals surface area contributed by atoms with E-state index in [-0.39, 0.29) is 30.7 Å². The predicted octanol–water partition coefficient (Wildman–Crippen LogP) is 2.96. The molecule has 160 valence electrons. The second-order valence-corrected chi connectivity index (χ2v) is 7.02. The first-order valence-corrected chi connectivity index (χ1v) is 9.71. The van der Waals surface area contributed by atoms with Crippen molar-refractivity contribution in [3.63, 3.8) is 0 Å². The average molecular weight is 411 g/mol. The van der Waals surface area contributed by atoms with Crippen LogP contribution in [0.2, 0.25) is 0 Å². The molecule has 2 rings (SSSR count). The van der Waals surface area contributed by atoms with E-state index in [9.17, 15) is 23.5 Å². The number of hydrogen-bond donors (Lipinski definition) is 2. The summed E-state index contributed by atoms with van der Waals surface area (Å²) in [5.74, 6) is -4.52. The number of rotatable bonds is 11. The summed E-state index contributed by atoms with van der Waals surface area (Å²) in [5, 5.41) is 18.5. The molecular weight excluding hydrogens is 384 g/mol. The minimum Gasteiger partial charge on any atom is -0.480 e. The van der Waals surface area contributed by atoms with Gasteiger partial charge >= 0.3 is 11.9 Å². The topological polar surface area (TPSA) is 87.1 Å². The van der Waals surface area contributed by atoms with Crippen LogP contribution in [0.4, 0.5) is 8.78 Å². The standard InChI is InChI=1S/C21H27F2NO5/c22-21(23,16-7-2-1-3-8-16)18(25)12-11-17-9-6-10-19(26)24(17)13-4-5-14-29-15-20(27)28/h1-3,7-8,11-12,17-18,25H,4-6,9-10,13-15H2,(H,27,28)/b12-11+/t17-,18+/m1/s1. The first-order chi connectivity index (χ1) is 13.8. The second-order valence-electron chi connectivity index (χ2n) is 7.02. The molecule has 0 aliphatic carbocycles. The molecule has 1 aromatic rings. The van der Waals surface area contributed by atoms with Crippen molar-refractivity contribution in [2.24, 2.45) is 0 Å². The van der Waals surface area contributed by atoms with Gasteiger partial charge in [0.05, 0.1) is 6.04 Å². The third-order valence-corrected chi connectivity index (χ3v) is 4.82. The van der Waals surface area contributed by atoms with E-state index < -0.39 is 18.0 Å². The Morgan fingerprint density at radius 3 is 2.72 bits per heavy atom. The number of unbranched alkanes of at least 4 members (excludes halogenated alkanes) is 1. The molecule has 2 N–H and O–H groups in total. The van der Waals surface area contributed by atoms with Gasteiger partial charge in [0.1, 0.15) is 12.7 Å². The third kappa shape index (κ3) is 6.90. The number of likely N-dealkylation sites (tertiary alicyclic amines) is 1. The third-order valence-electron chi connectivity index (χ3n) is 4.82. The molecule has 1 aliphatic heterocycles. The van der Waals surface area contributed by atoms with Gasteiger partial charge in [0.15, 0.2) is 0 Å². The minimum atomic E-state index is -3.43. The number of carboxylic acids is 1. The lowest BCUT2D eigenvalue weighted by Gasteiger charge is -2.34. The molecule has 1 heterocycles. The largest absolute Gasteiger partial charge is 0.480 e. The van der Waals surface area contributed by atoms with Crippen LogP contribution in [-0.2, 0) is 20.2 Å². The van der Waals surface area contributed by atoms with Gasteiger partial charge in [-0.15, -0.1) is 0 Å². The Kier molecular flexibility index (Phi) is 8.72. The van der Waals surface area contributed by atoms with E-state index >= 15 is 0 Å². The van der Waals surface area contributed by atoms with Gasteiger partial charge in [-0.3, -0.25) is 4.79 Å². The lowest BCUT2D eigenvalue weighted by molar-refractivity contribution is -0.142. The molecule has 1 saturated heterocycles. The number of carbonyl (C=O) groups excluding carboxylic acids is 1. The SMILES string of the molecule is O=C(O)COCCCCN1C(=O)CCC[C@@H]1/C=C/[C@H](O)C(F)(F)c1ccccc1. The molecule has 2 atom stereocenters. The number of alkyl halides is 2. The number of aliphatic carboxylic acids is 1. The summed E-state index contributed by atoms with van der Waals surface area (Å²) in [5.41, 5.74) is -0.268. The highest BCUT2D eigenvalue weighted by Crippen LogP contribution is 2.32. The van der Waals surface area contributed by atoms with Crippen molar-refractivity contribution in [1.29, 1.82) is 0 Å². The van der Waals surface area contributed by atoms with E-state index in [1.165, 1.54) is 30.3 Å². The van der Waals surface area contributed by atoms with E-state index in [0.29, 0.717) is 38.6 Å². The van der Waals surface area contributed by atoms with E-state index in [2.05, 4.69) is 0 Å². The van der Waals surface area contributed by atoms with Crippen LogP contribution in [0, 0.1) is 0 Å². The monoisotopic (exact) mass is 411 g/mol. The first-order valence-electron chi connectivity index (χ1n) is 9.71. The Morgan fingerprint density at radius 2 is 2.03 bits per heavy atom. The van der Waals surface area contributed by atoms with Gasteiger partial charge in [0.25, 0.3) is 0 Å². The zero-order valence-corrected chi connectivity index (χ0v) is 16.2. The molecule has 0 unspecified atom stereocenters. The van der Waals surface area contributed by atoms with Crippen molar-refractivity contribution in [3.8, 4) is 0 Å². The van der Waals surface area contributed by atoms with E-state index in [1.807, 2.05) is 0 Å². The van der Waals surface area contributed by atoms with Gasteiger partial charge < -0.3 is 19.8 Å². The van der Waals surface area contributed by atoms with Crippen molar-refractivity contribution in [1.82, 2.24) is 4.90 Å². The number of nitrogens with zero attached hydrogens (tertiary/aromatic N) is 1. The molecule has 0 bridgehead atoms. The van der Waals surface area contributed by atoms with Gasteiger partial charge in [-0.1, -0.05) is 42.5 Å². The van der Waals surface area contributed by atoms with Gasteiger partial charge in [0, 0.05) is 25.1 Å². The zero-order chi connectivity index (χ0) is 21.3.